The number of carboxylic acid groups (broad SMARTS) is 2. The van der Waals surface area contributed by atoms with E-state index in [-0.39, 0.29) is 6.42 Å². The number of carbonyl (C=O) groups excluding carboxylic acids is 5. The first-order valence-corrected chi connectivity index (χ1v) is 9.07. The van der Waals surface area contributed by atoms with Crippen LogP contribution in [0.2, 0.25) is 0 Å². The molecule has 0 rings (SSSR count). The maximum atomic E-state index is 12.4. The maximum absolute atomic E-state index is 12.4. The summed E-state index contributed by atoms with van der Waals surface area (Å²) in [4.78, 5) is 80.5. The summed E-state index contributed by atoms with van der Waals surface area (Å²) in [6.07, 6.45) is -2.21. The van der Waals surface area contributed by atoms with Crippen molar-refractivity contribution in [3.05, 3.63) is 0 Å². The fraction of sp³-hybridized carbons (Fsp3) is 0.562. The van der Waals surface area contributed by atoms with Crippen LogP contribution in [0, 0.1) is 0 Å². The molecule has 0 aliphatic carbocycles. The minimum atomic E-state index is -1.74. The van der Waals surface area contributed by atoms with Crippen LogP contribution >= 0.6 is 0 Å². The first-order chi connectivity index (χ1) is 14.8. The molecule has 0 bridgehead atoms. The Hall–Kier alpha value is -3.79. The monoisotopic (exact) mass is 462 g/mol. The van der Waals surface area contributed by atoms with Crippen molar-refractivity contribution in [1.29, 1.82) is 0 Å². The van der Waals surface area contributed by atoms with Crippen molar-refractivity contribution in [2.75, 3.05) is 6.61 Å². The summed E-state index contributed by atoms with van der Waals surface area (Å²) in [5, 5.41) is 33.0. The summed E-state index contributed by atoms with van der Waals surface area (Å²) in [7, 11) is 0. The Morgan fingerprint density at radius 3 is 1.59 bits per heavy atom. The van der Waals surface area contributed by atoms with Crippen molar-refractivity contribution in [2.45, 2.75) is 49.9 Å². The highest BCUT2D eigenvalue weighted by Crippen LogP contribution is 2.00. The van der Waals surface area contributed by atoms with E-state index in [1.165, 1.54) is 0 Å². The van der Waals surface area contributed by atoms with Crippen molar-refractivity contribution >= 4 is 41.5 Å². The van der Waals surface area contributed by atoms with Crippen molar-refractivity contribution < 1.29 is 48.9 Å². The van der Waals surface area contributed by atoms with Gasteiger partial charge in [0, 0.05) is 6.42 Å². The Morgan fingerprint density at radius 1 is 0.719 bits per heavy atom. The maximum Gasteiger partial charge on any atom is 0.326 e. The number of hydrogen-bond donors (Lipinski definition) is 9. The average Bonchev–Trinajstić information content (AvgIpc) is 2.67. The number of primary amides is 2. The van der Waals surface area contributed by atoms with Crippen molar-refractivity contribution in [2.24, 2.45) is 17.2 Å². The molecule has 180 valence electrons. The lowest BCUT2D eigenvalue weighted by Crippen LogP contribution is -2.58. The number of rotatable bonds is 15. The molecule has 16 heteroatoms. The summed E-state index contributed by atoms with van der Waals surface area (Å²) < 4.78 is 0. The van der Waals surface area contributed by atoms with E-state index in [4.69, 9.17) is 27.4 Å². The van der Waals surface area contributed by atoms with Crippen LogP contribution in [-0.4, -0.2) is 87.6 Å². The molecule has 0 saturated carbocycles. The van der Waals surface area contributed by atoms with Gasteiger partial charge < -0.3 is 48.5 Å². The van der Waals surface area contributed by atoms with E-state index in [0.717, 1.165) is 0 Å². The normalized spacial score (nSPS) is 14.2. The second-order valence-electron chi connectivity index (χ2n) is 6.58. The molecule has 5 amide bonds. The fourth-order valence-corrected chi connectivity index (χ4v) is 2.24. The van der Waals surface area contributed by atoms with Crippen LogP contribution in [0.15, 0.2) is 0 Å². The number of aliphatic carboxylic acids is 2. The zero-order valence-electron chi connectivity index (χ0n) is 16.8. The van der Waals surface area contributed by atoms with Gasteiger partial charge in [-0.15, -0.1) is 0 Å². The van der Waals surface area contributed by atoms with Gasteiger partial charge in [-0.1, -0.05) is 0 Å². The van der Waals surface area contributed by atoms with Gasteiger partial charge in [-0.25, -0.2) is 4.79 Å². The number of nitrogens with two attached hydrogens (primary N) is 3. The van der Waals surface area contributed by atoms with E-state index in [0.29, 0.717) is 0 Å². The molecule has 0 aliphatic heterocycles. The molecule has 0 spiro atoms. The first kappa shape index (κ1) is 28.2. The Bertz CT molecular complexity index is 758. The smallest absolute Gasteiger partial charge is 0.326 e. The Morgan fingerprint density at radius 2 is 1.16 bits per heavy atom. The average molecular weight is 462 g/mol. The lowest BCUT2D eigenvalue weighted by molar-refractivity contribution is -0.144. The number of aliphatic hydroxyl groups is 1. The standard InChI is InChI=1S/C16H26N6O10/c17-6(1-2-12(26)27)13(28)20-7(3-10(18)24)14(29)22-9(5-23)15(30)21-8(16(31)32)4-11(19)25/h6-9,23H,1-5,17H2,(H2,18,24)(H2,19,25)(H,20,28)(H,21,30)(H,22,29)(H,26,27)(H,31,32). The van der Waals surface area contributed by atoms with Gasteiger partial charge in [-0.05, 0) is 6.42 Å². The van der Waals surface area contributed by atoms with E-state index < -0.39 is 91.5 Å². The minimum absolute atomic E-state index is 0.274. The number of amides is 5. The predicted molar refractivity (Wildman–Crippen MR) is 103 cm³/mol. The van der Waals surface area contributed by atoms with Gasteiger partial charge in [0.05, 0.1) is 25.5 Å². The molecule has 0 aromatic rings. The molecule has 0 aliphatic rings. The van der Waals surface area contributed by atoms with Crippen LogP contribution in [-0.2, 0) is 33.6 Å². The zero-order chi connectivity index (χ0) is 25.0. The summed E-state index contributed by atoms with van der Waals surface area (Å²) in [5.74, 6) is -8.21. The molecule has 32 heavy (non-hydrogen) atoms. The highest BCUT2D eigenvalue weighted by atomic mass is 16.4. The molecule has 4 atom stereocenters. The van der Waals surface area contributed by atoms with E-state index in [1.54, 1.807) is 0 Å². The second-order valence-corrected chi connectivity index (χ2v) is 6.58. The van der Waals surface area contributed by atoms with Gasteiger partial charge in [0.15, 0.2) is 0 Å². The van der Waals surface area contributed by atoms with E-state index in [2.05, 4.69) is 5.32 Å². The zero-order valence-corrected chi connectivity index (χ0v) is 16.8. The van der Waals surface area contributed by atoms with Crippen LogP contribution in [0.3, 0.4) is 0 Å². The summed E-state index contributed by atoms with van der Waals surface area (Å²) in [6.45, 7) is -1.02. The third-order valence-electron chi connectivity index (χ3n) is 3.88. The Balaban J connectivity index is 5.26. The highest BCUT2D eigenvalue weighted by Gasteiger charge is 2.31. The van der Waals surface area contributed by atoms with Crippen LogP contribution in [0.5, 0.6) is 0 Å². The second kappa shape index (κ2) is 13.5. The van der Waals surface area contributed by atoms with Gasteiger partial charge in [-0.3, -0.25) is 28.8 Å². The lowest BCUT2D eigenvalue weighted by atomic mass is 10.1. The third kappa shape index (κ3) is 10.8. The molecule has 4 unspecified atom stereocenters. The van der Waals surface area contributed by atoms with Crippen LogP contribution in [0.25, 0.3) is 0 Å². The van der Waals surface area contributed by atoms with Gasteiger partial charge in [0.1, 0.15) is 18.1 Å². The van der Waals surface area contributed by atoms with E-state index >= 15 is 0 Å². The highest BCUT2D eigenvalue weighted by molar-refractivity contribution is 5.96. The quantitative estimate of drug-likeness (QED) is 0.110. The van der Waals surface area contributed by atoms with Gasteiger partial charge in [-0.2, -0.15) is 0 Å². The van der Waals surface area contributed by atoms with E-state index in [1.807, 2.05) is 10.6 Å². The summed E-state index contributed by atoms with van der Waals surface area (Å²) in [5.41, 5.74) is 15.4. The largest absolute Gasteiger partial charge is 0.481 e. The molecule has 0 fully saturated rings. The van der Waals surface area contributed by atoms with Crippen LogP contribution in [0.4, 0.5) is 0 Å². The Kier molecular flexibility index (Phi) is 11.9. The van der Waals surface area contributed by atoms with Crippen molar-refractivity contribution in [3.8, 4) is 0 Å². The predicted octanol–water partition coefficient (Wildman–Crippen LogP) is -5.54. The van der Waals surface area contributed by atoms with Crippen LogP contribution < -0.4 is 33.2 Å². The number of carbonyl (C=O) groups is 7. The number of hydrogen-bond acceptors (Lipinski definition) is 9. The lowest BCUT2D eigenvalue weighted by Gasteiger charge is -2.23. The SMILES string of the molecule is NC(=O)CC(NC(=O)C(CO)NC(=O)C(CC(N)=O)NC(=O)C(N)CCC(=O)O)C(=O)O. The van der Waals surface area contributed by atoms with Gasteiger partial charge >= 0.3 is 11.9 Å². The first-order valence-electron chi connectivity index (χ1n) is 9.07. The molecule has 0 saturated heterocycles. The Labute approximate surface area is 180 Å². The molecular formula is C16H26N6O10. The molecule has 16 nitrogen and oxygen atoms in total. The fourth-order valence-electron chi connectivity index (χ4n) is 2.24. The van der Waals surface area contributed by atoms with Gasteiger partial charge in [0.2, 0.25) is 29.5 Å². The summed E-state index contributed by atoms with van der Waals surface area (Å²) >= 11 is 0. The molecule has 0 aromatic carbocycles. The molecule has 0 radical (unpaired) electrons. The molecule has 0 aromatic heterocycles. The number of nitrogens with one attached hydrogen (secondary N) is 3. The molecule has 12 N–H and O–H groups in total. The van der Waals surface area contributed by atoms with Crippen LogP contribution in [0.1, 0.15) is 25.7 Å². The van der Waals surface area contributed by atoms with Crippen molar-refractivity contribution in [3.63, 3.8) is 0 Å². The van der Waals surface area contributed by atoms with Gasteiger partial charge in [0.25, 0.3) is 0 Å². The molecule has 0 heterocycles. The third-order valence-corrected chi connectivity index (χ3v) is 3.88. The van der Waals surface area contributed by atoms with Crippen molar-refractivity contribution in [1.82, 2.24) is 16.0 Å². The number of carboxylic acids is 2. The topological polar surface area (TPSA) is 294 Å². The van der Waals surface area contributed by atoms with E-state index in [9.17, 15) is 38.7 Å². The summed E-state index contributed by atoms with van der Waals surface area (Å²) in [6, 6.07) is -6.44. The number of aliphatic hydroxyl groups excluding tert-OH is 1. The molecular weight excluding hydrogens is 436 g/mol. The minimum Gasteiger partial charge on any atom is -0.481 e.